The van der Waals surface area contributed by atoms with E-state index in [0.29, 0.717) is 25.7 Å². The lowest BCUT2D eigenvalue weighted by atomic mass is 9.99. The molecule has 166 valence electrons. The number of amides is 3. The Morgan fingerprint density at radius 3 is 1.62 bits per heavy atom. The normalized spacial score (nSPS) is 14.1. The summed E-state index contributed by atoms with van der Waals surface area (Å²) in [6.45, 7) is 11.0. The third-order valence-corrected chi connectivity index (χ3v) is 4.36. The van der Waals surface area contributed by atoms with Crippen LogP contribution in [0.3, 0.4) is 0 Å². The second-order valence-corrected chi connectivity index (χ2v) is 8.30. The van der Waals surface area contributed by atoms with Crippen molar-refractivity contribution in [2.45, 2.75) is 91.8 Å². The molecule has 0 bridgehead atoms. The Morgan fingerprint density at radius 1 is 0.793 bits per heavy atom. The molecule has 3 amide bonds. The van der Waals surface area contributed by atoms with Gasteiger partial charge in [0.1, 0.15) is 12.1 Å². The molecule has 0 aliphatic rings. The van der Waals surface area contributed by atoms with Crippen molar-refractivity contribution < 1.29 is 24.0 Å². The minimum atomic E-state index is -0.895. The lowest BCUT2D eigenvalue weighted by molar-refractivity contribution is -0.135. The van der Waals surface area contributed by atoms with E-state index in [4.69, 9.17) is 0 Å². The number of hydrogen-bond acceptors (Lipinski definition) is 5. The minimum Gasteiger partial charge on any atom is -0.345 e. The number of carbonyl (C=O) groups is 5. The van der Waals surface area contributed by atoms with Gasteiger partial charge in [0.15, 0.2) is 6.29 Å². The lowest BCUT2D eigenvalue weighted by Gasteiger charge is -2.26. The summed E-state index contributed by atoms with van der Waals surface area (Å²) in [5.41, 5.74) is 0. The summed E-state index contributed by atoms with van der Waals surface area (Å²) in [7, 11) is 0. The maximum absolute atomic E-state index is 12.8. The second kappa shape index (κ2) is 13.8. The highest BCUT2D eigenvalue weighted by atomic mass is 16.2. The van der Waals surface area contributed by atoms with Crippen LogP contribution < -0.4 is 16.0 Å². The molecule has 0 aromatic heterocycles. The van der Waals surface area contributed by atoms with Gasteiger partial charge in [-0.3, -0.25) is 24.0 Å². The number of carbonyl (C=O) groups excluding carboxylic acids is 5. The fraction of sp³-hybridized carbons (Fsp3) is 0.762. The van der Waals surface area contributed by atoms with Gasteiger partial charge in [-0.25, -0.2) is 0 Å². The summed E-state index contributed by atoms with van der Waals surface area (Å²) >= 11 is 0. The van der Waals surface area contributed by atoms with Crippen LogP contribution in [0.4, 0.5) is 0 Å². The monoisotopic (exact) mass is 411 g/mol. The van der Waals surface area contributed by atoms with Crippen molar-refractivity contribution in [1.82, 2.24) is 16.0 Å². The number of hydrogen-bond donors (Lipinski definition) is 3. The molecule has 0 saturated carbocycles. The summed E-state index contributed by atoms with van der Waals surface area (Å²) in [6, 6.07) is -2.51. The largest absolute Gasteiger partial charge is 0.345 e. The molecule has 29 heavy (non-hydrogen) atoms. The van der Waals surface area contributed by atoms with Gasteiger partial charge in [-0.05, 0) is 31.1 Å². The third-order valence-electron chi connectivity index (χ3n) is 4.36. The fourth-order valence-corrected chi connectivity index (χ4v) is 2.97. The Kier molecular flexibility index (Phi) is 12.8. The van der Waals surface area contributed by atoms with Gasteiger partial charge < -0.3 is 16.0 Å². The van der Waals surface area contributed by atoms with Crippen LogP contribution in [0.5, 0.6) is 0 Å². The van der Waals surface area contributed by atoms with Gasteiger partial charge in [0.25, 0.3) is 0 Å². The van der Waals surface area contributed by atoms with Gasteiger partial charge in [0.2, 0.25) is 23.5 Å². The zero-order chi connectivity index (χ0) is 22.6. The first-order chi connectivity index (χ1) is 13.5. The van der Waals surface area contributed by atoms with E-state index >= 15 is 0 Å². The van der Waals surface area contributed by atoms with Crippen molar-refractivity contribution in [2.24, 2.45) is 11.8 Å². The zero-order valence-electron chi connectivity index (χ0n) is 18.5. The molecule has 0 aliphatic carbocycles. The maximum atomic E-state index is 12.8. The quantitative estimate of drug-likeness (QED) is 0.295. The summed E-state index contributed by atoms with van der Waals surface area (Å²) in [6.07, 6.45) is 2.88. The van der Waals surface area contributed by atoms with Crippen LogP contribution in [0.1, 0.15) is 73.6 Å². The average molecular weight is 412 g/mol. The molecule has 0 fully saturated rings. The molecule has 0 aromatic rings. The van der Waals surface area contributed by atoms with E-state index in [2.05, 4.69) is 16.0 Å². The third kappa shape index (κ3) is 11.4. The molecular formula is C21H37N3O5. The van der Waals surface area contributed by atoms with Crippen molar-refractivity contribution in [3.05, 3.63) is 0 Å². The Morgan fingerprint density at radius 2 is 1.24 bits per heavy atom. The summed E-state index contributed by atoms with van der Waals surface area (Å²) in [4.78, 5) is 59.7. The molecule has 3 atom stereocenters. The van der Waals surface area contributed by atoms with Crippen molar-refractivity contribution in [3.8, 4) is 0 Å². The van der Waals surface area contributed by atoms with Gasteiger partial charge >= 0.3 is 0 Å². The van der Waals surface area contributed by atoms with Crippen LogP contribution in [0.2, 0.25) is 0 Å². The SMILES string of the molecule is CCCC[C@H](NC(=O)[C@H](CC(C)C)NC(=O)[C@H](CC(C)C)NC(C)=O)C(=O)C=O. The number of Topliss-reactive ketones (excluding diaryl/α,β-unsaturated/α-hetero) is 1. The van der Waals surface area contributed by atoms with Crippen molar-refractivity contribution in [3.63, 3.8) is 0 Å². The number of nitrogens with one attached hydrogen (secondary N) is 3. The molecule has 8 nitrogen and oxygen atoms in total. The van der Waals surface area contributed by atoms with Crippen molar-refractivity contribution >= 4 is 29.8 Å². The van der Waals surface area contributed by atoms with Gasteiger partial charge in [-0.2, -0.15) is 0 Å². The molecule has 0 rings (SSSR count). The summed E-state index contributed by atoms with van der Waals surface area (Å²) in [5, 5.41) is 7.95. The van der Waals surface area contributed by atoms with Gasteiger partial charge in [-0.15, -0.1) is 0 Å². The first-order valence-corrected chi connectivity index (χ1v) is 10.4. The highest BCUT2D eigenvalue weighted by Gasteiger charge is 2.29. The van der Waals surface area contributed by atoms with Crippen LogP contribution in [-0.2, 0) is 24.0 Å². The predicted molar refractivity (Wildman–Crippen MR) is 111 cm³/mol. The number of rotatable bonds is 14. The molecule has 0 unspecified atom stereocenters. The Hall–Kier alpha value is -2.25. The smallest absolute Gasteiger partial charge is 0.243 e. The van der Waals surface area contributed by atoms with Crippen LogP contribution in [0, 0.1) is 11.8 Å². The summed E-state index contributed by atoms with van der Waals surface area (Å²) in [5.74, 6) is -1.69. The standard InChI is InChI=1S/C21H37N3O5/c1-7-8-9-16(19(27)12-25)23-21(29)18(11-14(4)5)24-20(28)17(10-13(2)3)22-15(6)26/h12-14,16-18H,7-11H2,1-6H3,(H,22,26)(H,23,29)(H,24,28)/t16-,17-,18-/m0/s1. The van der Waals surface area contributed by atoms with Crippen LogP contribution >= 0.6 is 0 Å². The fourth-order valence-electron chi connectivity index (χ4n) is 2.97. The van der Waals surface area contributed by atoms with Gasteiger partial charge in [-0.1, -0.05) is 47.5 Å². The zero-order valence-corrected chi connectivity index (χ0v) is 18.5. The maximum Gasteiger partial charge on any atom is 0.243 e. The number of ketones is 1. The van der Waals surface area contributed by atoms with Crippen molar-refractivity contribution in [1.29, 1.82) is 0 Å². The Labute approximate surface area is 173 Å². The number of aldehydes is 1. The molecule has 0 saturated heterocycles. The second-order valence-electron chi connectivity index (χ2n) is 8.30. The van der Waals surface area contributed by atoms with E-state index in [0.717, 1.165) is 6.42 Å². The average Bonchev–Trinajstić information content (AvgIpc) is 2.61. The molecule has 0 radical (unpaired) electrons. The van der Waals surface area contributed by atoms with Crippen LogP contribution in [0.15, 0.2) is 0 Å². The molecular weight excluding hydrogens is 374 g/mol. The Bertz CT molecular complexity index is 575. The van der Waals surface area contributed by atoms with Crippen LogP contribution in [0.25, 0.3) is 0 Å². The van der Waals surface area contributed by atoms with E-state index in [1.54, 1.807) is 0 Å². The predicted octanol–water partition coefficient (Wildman–Crippen LogP) is 1.51. The molecule has 3 N–H and O–H groups in total. The van der Waals surface area contributed by atoms with Crippen molar-refractivity contribution in [2.75, 3.05) is 0 Å². The highest BCUT2D eigenvalue weighted by molar-refractivity contribution is 6.28. The minimum absolute atomic E-state index is 0.103. The Balaban J connectivity index is 5.35. The first kappa shape index (κ1) is 26.8. The van der Waals surface area contributed by atoms with Gasteiger partial charge in [0.05, 0.1) is 6.04 Å². The molecule has 0 aliphatic heterocycles. The van der Waals surface area contributed by atoms with E-state index in [1.807, 2.05) is 34.6 Å². The van der Waals surface area contributed by atoms with E-state index < -0.39 is 35.7 Å². The first-order valence-electron chi connectivity index (χ1n) is 10.4. The lowest BCUT2D eigenvalue weighted by Crippen LogP contribution is -2.56. The van der Waals surface area contributed by atoms with E-state index in [-0.39, 0.29) is 24.0 Å². The van der Waals surface area contributed by atoms with E-state index in [9.17, 15) is 24.0 Å². The van der Waals surface area contributed by atoms with Gasteiger partial charge in [0, 0.05) is 6.92 Å². The topological polar surface area (TPSA) is 121 Å². The summed E-state index contributed by atoms with van der Waals surface area (Å²) < 4.78 is 0. The highest BCUT2D eigenvalue weighted by Crippen LogP contribution is 2.10. The molecule has 0 heterocycles. The molecule has 0 spiro atoms. The molecule has 0 aromatic carbocycles. The number of unbranched alkanes of at least 4 members (excludes halogenated alkanes) is 1. The van der Waals surface area contributed by atoms with Crippen LogP contribution in [-0.4, -0.2) is 47.9 Å². The molecule has 8 heteroatoms. The van der Waals surface area contributed by atoms with E-state index in [1.165, 1.54) is 6.92 Å².